The van der Waals surface area contributed by atoms with E-state index in [2.05, 4.69) is 6.92 Å². The van der Waals surface area contributed by atoms with E-state index in [1.54, 1.807) is 24.3 Å². The van der Waals surface area contributed by atoms with Gasteiger partial charge >= 0.3 is 0 Å². The number of aryl methyl sites for hydroxylation is 2. The summed E-state index contributed by atoms with van der Waals surface area (Å²) in [5.74, 6) is -0.849. The van der Waals surface area contributed by atoms with Gasteiger partial charge in [-0.1, -0.05) is 67.8 Å². The van der Waals surface area contributed by atoms with E-state index in [4.69, 9.17) is 4.74 Å². The zero-order valence-electron chi connectivity index (χ0n) is 21.5. The van der Waals surface area contributed by atoms with Crippen molar-refractivity contribution in [1.82, 2.24) is 0 Å². The standard InChI is InChI=1S/C32H37F3O/c1-3-4-5-20-36-30-19-12-24(21-29(30)33)9-8-23-10-15-26(16-11-23)28-18-17-27(31(34)32(28)35)25-13-6-22(2)7-14-25/h6-7,12-14,17-19,21,23,26H,3-5,8-11,15-16,20H2,1-2H3. The largest absolute Gasteiger partial charge is 0.491 e. The minimum absolute atomic E-state index is 0.0457. The third kappa shape index (κ3) is 6.52. The molecular formula is C32H37F3O. The van der Waals surface area contributed by atoms with Gasteiger partial charge in [-0.25, -0.2) is 13.2 Å². The third-order valence-corrected chi connectivity index (χ3v) is 7.60. The van der Waals surface area contributed by atoms with Crippen molar-refractivity contribution >= 4 is 0 Å². The average Bonchev–Trinajstić information content (AvgIpc) is 2.89. The van der Waals surface area contributed by atoms with Gasteiger partial charge in [-0.15, -0.1) is 0 Å². The Labute approximate surface area is 213 Å². The molecule has 0 unspecified atom stereocenters. The van der Waals surface area contributed by atoms with Crippen molar-refractivity contribution in [2.45, 2.75) is 77.6 Å². The number of unbranched alkanes of at least 4 members (excludes halogenated alkanes) is 2. The summed E-state index contributed by atoms with van der Waals surface area (Å²) in [5, 5.41) is 0. The van der Waals surface area contributed by atoms with Crippen LogP contribution < -0.4 is 4.74 Å². The molecule has 192 valence electrons. The fourth-order valence-corrected chi connectivity index (χ4v) is 5.32. The van der Waals surface area contributed by atoms with Crippen molar-refractivity contribution in [3.63, 3.8) is 0 Å². The lowest BCUT2D eigenvalue weighted by atomic mass is 9.76. The van der Waals surface area contributed by atoms with Crippen LogP contribution in [-0.2, 0) is 6.42 Å². The fraction of sp³-hybridized carbons (Fsp3) is 0.438. The molecule has 1 aliphatic rings. The van der Waals surface area contributed by atoms with Crippen LogP contribution in [0.3, 0.4) is 0 Å². The molecule has 0 heterocycles. The summed E-state index contributed by atoms with van der Waals surface area (Å²) < 4.78 is 49.9. The molecule has 0 bridgehead atoms. The van der Waals surface area contributed by atoms with E-state index in [9.17, 15) is 8.78 Å². The van der Waals surface area contributed by atoms with Crippen LogP contribution >= 0.6 is 0 Å². The summed E-state index contributed by atoms with van der Waals surface area (Å²) in [4.78, 5) is 0. The topological polar surface area (TPSA) is 9.23 Å². The molecule has 1 saturated carbocycles. The van der Waals surface area contributed by atoms with Gasteiger partial charge in [-0.05, 0) is 92.5 Å². The van der Waals surface area contributed by atoms with Crippen LogP contribution in [0.25, 0.3) is 11.1 Å². The molecule has 4 heteroatoms. The summed E-state index contributed by atoms with van der Waals surface area (Å²) in [5.41, 5.74) is 3.57. The Kier molecular flexibility index (Phi) is 9.12. The number of halogens is 3. The highest BCUT2D eigenvalue weighted by Gasteiger charge is 2.26. The van der Waals surface area contributed by atoms with Gasteiger partial charge in [0, 0.05) is 5.56 Å². The Morgan fingerprint density at radius 2 is 1.58 bits per heavy atom. The van der Waals surface area contributed by atoms with Crippen LogP contribution in [0.4, 0.5) is 13.2 Å². The molecule has 4 rings (SSSR count). The van der Waals surface area contributed by atoms with Crippen LogP contribution in [-0.4, -0.2) is 6.61 Å². The van der Waals surface area contributed by atoms with Gasteiger partial charge in [0.15, 0.2) is 23.2 Å². The monoisotopic (exact) mass is 494 g/mol. The second kappa shape index (κ2) is 12.5. The molecule has 36 heavy (non-hydrogen) atoms. The van der Waals surface area contributed by atoms with E-state index in [1.807, 2.05) is 37.3 Å². The highest BCUT2D eigenvalue weighted by molar-refractivity contribution is 5.65. The van der Waals surface area contributed by atoms with Crippen LogP contribution in [0, 0.1) is 30.3 Å². The lowest BCUT2D eigenvalue weighted by molar-refractivity contribution is 0.291. The molecule has 0 aromatic heterocycles. The molecule has 1 fully saturated rings. The van der Waals surface area contributed by atoms with Crippen LogP contribution in [0.1, 0.15) is 80.9 Å². The minimum atomic E-state index is -0.752. The zero-order chi connectivity index (χ0) is 25.5. The van der Waals surface area contributed by atoms with Crippen molar-refractivity contribution in [3.8, 4) is 16.9 Å². The molecule has 0 spiro atoms. The minimum Gasteiger partial charge on any atom is -0.491 e. The Bertz CT molecular complexity index is 1130. The zero-order valence-corrected chi connectivity index (χ0v) is 21.5. The Morgan fingerprint density at radius 3 is 2.28 bits per heavy atom. The molecule has 1 aliphatic carbocycles. The second-order valence-corrected chi connectivity index (χ2v) is 10.3. The Hall–Kier alpha value is -2.75. The predicted molar refractivity (Wildman–Crippen MR) is 141 cm³/mol. The third-order valence-electron chi connectivity index (χ3n) is 7.60. The highest BCUT2D eigenvalue weighted by atomic mass is 19.2. The molecule has 3 aromatic carbocycles. The number of hydrogen-bond acceptors (Lipinski definition) is 1. The first-order valence-electron chi connectivity index (χ1n) is 13.4. The summed E-state index contributed by atoms with van der Waals surface area (Å²) in [6.07, 6.45) is 8.59. The number of rotatable bonds is 10. The number of hydrogen-bond donors (Lipinski definition) is 0. The van der Waals surface area contributed by atoms with Gasteiger partial charge in [0.2, 0.25) is 0 Å². The molecular weight excluding hydrogens is 457 g/mol. The lowest BCUT2D eigenvalue weighted by Crippen LogP contribution is -2.15. The molecule has 0 aliphatic heterocycles. The van der Waals surface area contributed by atoms with Gasteiger partial charge < -0.3 is 4.74 Å². The SMILES string of the molecule is CCCCCOc1ccc(CCC2CCC(c3ccc(-c4ccc(C)cc4)c(F)c3F)CC2)cc1F. The Balaban J connectivity index is 1.29. The van der Waals surface area contributed by atoms with E-state index < -0.39 is 11.6 Å². The first kappa shape index (κ1) is 26.3. The summed E-state index contributed by atoms with van der Waals surface area (Å²) >= 11 is 0. The average molecular weight is 495 g/mol. The van der Waals surface area contributed by atoms with Crippen molar-refractivity contribution < 1.29 is 17.9 Å². The smallest absolute Gasteiger partial charge is 0.166 e. The first-order valence-corrected chi connectivity index (χ1v) is 13.4. The molecule has 0 atom stereocenters. The molecule has 3 aromatic rings. The summed E-state index contributed by atoms with van der Waals surface area (Å²) in [7, 11) is 0. The number of benzene rings is 3. The van der Waals surface area contributed by atoms with Crippen LogP contribution in [0.5, 0.6) is 5.75 Å². The summed E-state index contributed by atoms with van der Waals surface area (Å²) in [6, 6.07) is 16.3. The van der Waals surface area contributed by atoms with Crippen molar-refractivity contribution in [3.05, 3.63) is 88.7 Å². The van der Waals surface area contributed by atoms with E-state index in [0.29, 0.717) is 35.0 Å². The van der Waals surface area contributed by atoms with Gasteiger partial charge in [0.05, 0.1) is 6.61 Å². The molecule has 1 nitrogen and oxygen atoms in total. The maximum atomic E-state index is 15.0. The fourth-order valence-electron chi connectivity index (χ4n) is 5.32. The molecule has 0 saturated heterocycles. The molecule has 0 N–H and O–H groups in total. The van der Waals surface area contributed by atoms with Crippen LogP contribution in [0.15, 0.2) is 54.6 Å². The summed E-state index contributed by atoms with van der Waals surface area (Å²) in [6.45, 7) is 4.65. The number of ether oxygens (including phenoxy) is 1. The van der Waals surface area contributed by atoms with Gasteiger partial charge in [-0.3, -0.25) is 0 Å². The van der Waals surface area contributed by atoms with Gasteiger partial charge in [-0.2, -0.15) is 0 Å². The van der Waals surface area contributed by atoms with Gasteiger partial charge in [0.25, 0.3) is 0 Å². The molecule has 0 amide bonds. The normalized spacial score (nSPS) is 17.8. The van der Waals surface area contributed by atoms with Crippen molar-refractivity contribution in [1.29, 1.82) is 0 Å². The lowest BCUT2D eigenvalue weighted by Gasteiger charge is -2.29. The quantitative estimate of drug-likeness (QED) is 0.255. The maximum Gasteiger partial charge on any atom is 0.166 e. The van der Waals surface area contributed by atoms with Crippen molar-refractivity contribution in [2.24, 2.45) is 5.92 Å². The van der Waals surface area contributed by atoms with Crippen molar-refractivity contribution in [2.75, 3.05) is 6.61 Å². The van der Waals surface area contributed by atoms with E-state index >= 15 is 4.39 Å². The maximum absolute atomic E-state index is 15.0. The van der Waals surface area contributed by atoms with Crippen LogP contribution in [0.2, 0.25) is 0 Å². The van der Waals surface area contributed by atoms with E-state index in [0.717, 1.165) is 68.9 Å². The highest BCUT2D eigenvalue weighted by Crippen LogP contribution is 2.40. The van der Waals surface area contributed by atoms with E-state index in [-0.39, 0.29) is 11.7 Å². The first-order chi connectivity index (χ1) is 17.5. The molecule has 0 radical (unpaired) electrons. The Morgan fingerprint density at radius 1 is 0.833 bits per heavy atom. The van der Waals surface area contributed by atoms with E-state index in [1.165, 1.54) is 0 Å². The van der Waals surface area contributed by atoms with Gasteiger partial charge in [0.1, 0.15) is 0 Å². The predicted octanol–water partition coefficient (Wildman–Crippen LogP) is 9.55. The second-order valence-electron chi connectivity index (χ2n) is 10.3.